The molecule has 0 saturated heterocycles. The van der Waals surface area contributed by atoms with Crippen LogP contribution < -0.4 is 20.5 Å². The lowest BCUT2D eigenvalue weighted by Gasteiger charge is -2.19. The first-order chi connectivity index (χ1) is 10.2. The van der Waals surface area contributed by atoms with Crippen LogP contribution in [0.25, 0.3) is 0 Å². The Morgan fingerprint density at radius 1 is 1.38 bits per heavy atom. The molecule has 0 radical (unpaired) electrons. The summed E-state index contributed by atoms with van der Waals surface area (Å²) in [7, 11) is 1.63. The predicted molar refractivity (Wildman–Crippen MR) is 78.4 cm³/mol. The fraction of sp³-hybridized carbons (Fsp3) is 0.533. The Morgan fingerprint density at radius 3 is 2.90 bits per heavy atom. The molecular weight excluding hydrogens is 272 g/mol. The second-order valence-electron chi connectivity index (χ2n) is 4.94. The van der Waals surface area contributed by atoms with Gasteiger partial charge in [0.2, 0.25) is 5.91 Å². The SMILES string of the molecule is COCCCC(N)C(=O)NCc1ccc2c(c1)OCCO2. The topological polar surface area (TPSA) is 82.8 Å². The number of rotatable bonds is 7. The molecule has 21 heavy (non-hydrogen) atoms. The quantitative estimate of drug-likeness (QED) is 0.728. The number of benzene rings is 1. The minimum absolute atomic E-state index is 0.152. The number of nitrogens with one attached hydrogen (secondary N) is 1. The summed E-state index contributed by atoms with van der Waals surface area (Å²) in [5.74, 6) is 1.31. The molecule has 0 aliphatic carbocycles. The molecule has 1 amide bonds. The minimum Gasteiger partial charge on any atom is -0.486 e. The summed E-state index contributed by atoms with van der Waals surface area (Å²) in [6, 6.07) is 5.14. The standard InChI is InChI=1S/C15H22N2O4/c1-19-6-2-3-12(16)15(18)17-10-11-4-5-13-14(9-11)21-8-7-20-13/h4-5,9,12H,2-3,6-8,10,16H2,1H3,(H,17,18). The number of nitrogens with two attached hydrogens (primary N) is 1. The van der Waals surface area contributed by atoms with Crippen LogP contribution in [-0.4, -0.2) is 38.9 Å². The van der Waals surface area contributed by atoms with Gasteiger partial charge in [-0.2, -0.15) is 0 Å². The van der Waals surface area contributed by atoms with Crippen molar-refractivity contribution in [1.29, 1.82) is 0 Å². The summed E-state index contributed by atoms with van der Waals surface area (Å²) in [5.41, 5.74) is 6.78. The van der Waals surface area contributed by atoms with E-state index in [4.69, 9.17) is 19.9 Å². The summed E-state index contributed by atoms with van der Waals surface area (Å²) >= 11 is 0. The zero-order chi connectivity index (χ0) is 15.1. The third-order valence-corrected chi connectivity index (χ3v) is 3.27. The molecule has 0 saturated carbocycles. The number of carbonyl (C=O) groups excluding carboxylic acids is 1. The molecule has 0 aromatic heterocycles. The van der Waals surface area contributed by atoms with Gasteiger partial charge in [-0.3, -0.25) is 4.79 Å². The van der Waals surface area contributed by atoms with Gasteiger partial charge in [-0.1, -0.05) is 6.07 Å². The van der Waals surface area contributed by atoms with Crippen LogP contribution in [0.15, 0.2) is 18.2 Å². The Morgan fingerprint density at radius 2 is 2.14 bits per heavy atom. The van der Waals surface area contributed by atoms with E-state index in [2.05, 4.69) is 5.32 Å². The summed E-state index contributed by atoms with van der Waals surface area (Å²) in [4.78, 5) is 11.9. The van der Waals surface area contributed by atoms with Crippen molar-refractivity contribution < 1.29 is 19.0 Å². The third kappa shape index (κ3) is 4.61. The molecule has 1 atom stereocenters. The molecule has 3 N–H and O–H groups in total. The molecule has 1 aliphatic heterocycles. The Bertz CT molecular complexity index is 479. The Balaban J connectivity index is 1.81. The summed E-state index contributed by atoms with van der Waals surface area (Å²) in [5, 5.41) is 2.83. The van der Waals surface area contributed by atoms with Gasteiger partial charge in [0.15, 0.2) is 11.5 Å². The fourth-order valence-corrected chi connectivity index (χ4v) is 2.10. The van der Waals surface area contributed by atoms with Gasteiger partial charge in [-0.05, 0) is 30.5 Å². The molecule has 1 aromatic rings. The summed E-state index contributed by atoms with van der Waals surface area (Å²) < 4.78 is 15.9. The van der Waals surface area contributed by atoms with E-state index in [1.165, 1.54) is 0 Å². The molecule has 6 heteroatoms. The van der Waals surface area contributed by atoms with Crippen LogP contribution in [0.3, 0.4) is 0 Å². The number of hydrogen-bond donors (Lipinski definition) is 2. The average molecular weight is 294 g/mol. The van der Waals surface area contributed by atoms with Crippen molar-refractivity contribution >= 4 is 5.91 Å². The lowest BCUT2D eigenvalue weighted by Crippen LogP contribution is -2.40. The molecule has 0 fully saturated rings. The molecule has 0 bridgehead atoms. The second kappa shape index (κ2) is 7.85. The maximum Gasteiger partial charge on any atom is 0.237 e. The Hall–Kier alpha value is -1.79. The van der Waals surface area contributed by atoms with Crippen LogP contribution in [0.2, 0.25) is 0 Å². The van der Waals surface area contributed by atoms with Crippen LogP contribution in [0, 0.1) is 0 Å². The van der Waals surface area contributed by atoms with Gasteiger partial charge in [0, 0.05) is 20.3 Å². The highest BCUT2D eigenvalue weighted by Crippen LogP contribution is 2.30. The van der Waals surface area contributed by atoms with Crippen LogP contribution in [0.1, 0.15) is 18.4 Å². The van der Waals surface area contributed by atoms with Gasteiger partial charge in [-0.15, -0.1) is 0 Å². The van der Waals surface area contributed by atoms with E-state index in [9.17, 15) is 4.79 Å². The van der Waals surface area contributed by atoms with Gasteiger partial charge in [0.25, 0.3) is 0 Å². The van der Waals surface area contributed by atoms with Gasteiger partial charge in [0.05, 0.1) is 6.04 Å². The maximum absolute atomic E-state index is 11.9. The lowest BCUT2D eigenvalue weighted by atomic mass is 10.1. The van der Waals surface area contributed by atoms with Crippen molar-refractivity contribution in [3.8, 4) is 11.5 Å². The molecule has 0 spiro atoms. The van der Waals surface area contributed by atoms with Crippen molar-refractivity contribution in [3.05, 3.63) is 23.8 Å². The normalized spacial score (nSPS) is 14.6. The number of fused-ring (bicyclic) bond motifs is 1. The number of methoxy groups -OCH3 is 1. The van der Waals surface area contributed by atoms with Crippen LogP contribution in [0.4, 0.5) is 0 Å². The Labute approximate surface area is 124 Å². The number of carbonyl (C=O) groups is 1. The average Bonchev–Trinajstić information content (AvgIpc) is 2.52. The smallest absolute Gasteiger partial charge is 0.237 e. The first kappa shape index (κ1) is 15.6. The van der Waals surface area contributed by atoms with E-state index >= 15 is 0 Å². The third-order valence-electron chi connectivity index (χ3n) is 3.27. The van der Waals surface area contributed by atoms with E-state index in [0.717, 1.165) is 23.5 Å². The van der Waals surface area contributed by atoms with Crippen molar-refractivity contribution in [2.24, 2.45) is 5.73 Å². The molecule has 2 rings (SSSR count). The predicted octanol–water partition coefficient (Wildman–Crippen LogP) is 0.828. The van der Waals surface area contributed by atoms with Crippen molar-refractivity contribution in [2.75, 3.05) is 26.9 Å². The van der Waals surface area contributed by atoms with E-state index in [-0.39, 0.29) is 5.91 Å². The second-order valence-corrected chi connectivity index (χ2v) is 4.94. The molecule has 1 unspecified atom stereocenters. The Kier molecular flexibility index (Phi) is 5.83. The first-order valence-corrected chi connectivity index (χ1v) is 7.11. The van der Waals surface area contributed by atoms with E-state index < -0.39 is 6.04 Å². The highest BCUT2D eigenvalue weighted by atomic mass is 16.6. The summed E-state index contributed by atoms with van der Waals surface area (Å²) in [6.45, 7) is 2.16. The highest BCUT2D eigenvalue weighted by molar-refractivity contribution is 5.81. The van der Waals surface area contributed by atoms with Gasteiger partial charge in [-0.25, -0.2) is 0 Å². The maximum atomic E-state index is 11.9. The molecule has 6 nitrogen and oxygen atoms in total. The van der Waals surface area contributed by atoms with E-state index in [1.54, 1.807) is 7.11 Å². The number of amides is 1. The molecule has 116 valence electrons. The molecule has 1 aromatic carbocycles. The van der Waals surface area contributed by atoms with E-state index in [0.29, 0.717) is 32.8 Å². The monoisotopic (exact) mass is 294 g/mol. The summed E-state index contributed by atoms with van der Waals surface area (Å²) in [6.07, 6.45) is 1.38. The van der Waals surface area contributed by atoms with Crippen molar-refractivity contribution in [1.82, 2.24) is 5.32 Å². The molecule has 1 aliphatic rings. The lowest BCUT2D eigenvalue weighted by molar-refractivity contribution is -0.122. The van der Waals surface area contributed by atoms with Crippen molar-refractivity contribution in [2.45, 2.75) is 25.4 Å². The molecular formula is C15H22N2O4. The molecule has 1 heterocycles. The largest absolute Gasteiger partial charge is 0.486 e. The van der Waals surface area contributed by atoms with Crippen LogP contribution in [-0.2, 0) is 16.1 Å². The first-order valence-electron chi connectivity index (χ1n) is 7.11. The highest BCUT2D eigenvalue weighted by Gasteiger charge is 2.14. The van der Waals surface area contributed by atoms with E-state index in [1.807, 2.05) is 18.2 Å². The van der Waals surface area contributed by atoms with Crippen LogP contribution >= 0.6 is 0 Å². The van der Waals surface area contributed by atoms with Gasteiger partial charge < -0.3 is 25.3 Å². The number of hydrogen-bond acceptors (Lipinski definition) is 5. The fourth-order valence-electron chi connectivity index (χ4n) is 2.10. The van der Waals surface area contributed by atoms with Gasteiger partial charge >= 0.3 is 0 Å². The van der Waals surface area contributed by atoms with Crippen LogP contribution in [0.5, 0.6) is 11.5 Å². The zero-order valence-corrected chi connectivity index (χ0v) is 12.3. The zero-order valence-electron chi connectivity index (χ0n) is 12.3. The van der Waals surface area contributed by atoms with Gasteiger partial charge in [0.1, 0.15) is 13.2 Å². The number of ether oxygens (including phenoxy) is 3. The minimum atomic E-state index is -0.502. The van der Waals surface area contributed by atoms with Crippen molar-refractivity contribution in [3.63, 3.8) is 0 Å².